The maximum Gasteiger partial charge on any atom is 0.410 e. The van der Waals surface area contributed by atoms with E-state index < -0.39 is 46.8 Å². The Morgan fingerprint density at radius 1 is 1.23 bits per heavy atom. The van der Waals surface area contributed by atoms with Gasteiger partial charge in [-0.15, -0.1) is 0 Å². The van der Waals surface area contributed by atoms with Gasteiger partial charge in [0.25, 0.3) is 5.92 Å². The third kappa shape index (κ3) is 6.59. The maximum absolute atomic E-state index is 15.0. The molecule has 0 bridgehead atoms. The third-order valence-electron chi connectivity index (χ3n) is 5.78. The van der Waals surface area contributed by atoms with Gasteiger partial charge in [0.1, 0.15) is 11.8 Å². The van der Waals surface area contributed by atoms with Crippen LogP contribution in [0.25, 0.3) is 0 Å². The van der Waals surface area contributed by atoms with Crippen molar-refractivity contribution >= 4 is 28.8 Å². The van der Waals surface area contributed by atoms with Gasteiger partial charge >= 0.3 is 6.09 Å². The molecule has 7 nitrogen and oxygen atoms in total. The van der Waals surface area contributed by atoms with E-state index in [1.54, 1.807) is 40.0 Å². The number of anilines is 2. The Balaban J connectivity index is 0.00000103. The summed E-state index contributed by atoms with van der Waals surface area (Å²) in [5, 5.41) is 0. The van der Waals surface area contributed by atoms with Crippen molar-refractivity contribution < 1.29 is 26.9 Å². The average molecular weight is 521 g/mol. The molecule has 11 heteroatoms. The second-order valence-electron chi connectivity index (χ2n) is 9.37. The van der Waals surface area contributed by atoms with Crippen molar-refractivity contribution in [3.05, 3.63) is 17.8 Å². The fourth-order valence-corrected chi connectivity index (χ4v) is 5.15. The molecule has 4 unspecified atom stereocenters. The van der Waals surface area contributed by atoms with Crippen molar-refractivity contribution in [2.45, 2.75) is 84.9 Å². The van der Waals surface area contributed by atoms with Gasteiger partial charge in [0.15, 0.2) is 5.82 Å². The highest BCUT2D eigenvalue weighted by Crippen LogP contribution is 2.51. The first kappa shape index (κ1) is 29.2. The largest absolute Gasteiger partial charge is 0.444 e. The number of alkyl halides is 3. The van der Waals surface area contributed by atoms with Crippen LogP contribution in [0.4, 0.5) is 29.5 Å². The van der Waals surface area contributed by atoms with Gasteiger partial charge in [-0.3, -0.25) is 8.61 Å². The standard InChI is InChI=1S/C20H27F3N4O3S.2C2H6/c1-19(2,3)30-18(28)26-8-7-13(14(21)11-26)15-5-6-16-17(24-15)25(4)31(29)27(16)10-12-9-20(12,22)23;2*1-2/h5-6,12-14H,7-11H2,1-4H3;2*1-2H3. The van der Waals surface area contributed by atoms with E-state index in [2.05, 4.69) is 4.98 Å². The normalized spacial score (nSPS) is 26.7. The number of carbonyl (C=O) groups excluding carboxylic acids is 1. The van der Waals surface area contributed by atoms with Crippen molar-refractivity contribution in [3.63, 3.8) is 0 Å². The van der Waals surface area contributed by atoms with Gasteiger partial charge in [0.05, 0.1) is 12.2 Å². The van der Waals surface area contributed by atoms with E-state index in [1.807, 2.05) is 27.7 Å². The van der Waals surface area contributed by atoms with Gasteiger partial charge in [0.2, 0.25) is 11.2 Å². The van der Waals surface area contributed by atoms with Crippen molar-refractivity contribution in [2.24, 2.45) is 5.92 Å². The van der Waals surface area contributed by atoms with Gasteiger partial charge < -0.3 is 9.64 Å². The molecule has 4 rings (SSSR count). The molecular formula is C24H39F3N4O3S. The van der Waals surface area contributed by atoms with Crippen LogP contribution in [0.3, 0.4) is 0 Å². The Labute approximate surface area is 209 Å². The predicted molar refractivity (Wildman–Crippen MR) is 134 cm³/mol. The number of hydrogen-bond acceptors (Lipinski definition) is 4. The topological polar surface area (TPSA) is 66.0 Å². The number of likely N-dealkylation sites (tertiary alicyclic amines) is 1. The van der Waals surface area contributed by atoms with Crippen LogP contribution in [-0.2, 0) is 15.9 Å². The first-order valence-electron chi connectivity index (χ1n) is 12.3. The molecular weight excluding hydrogens is 481 g/mol. The first-order valence-corrected chi connectivity index (χ1v) is 13.4. The summed E-state index contributed by atoms with van der Waals surface area (Å²) < 4.78 is 62.5. The molecule has 2 fully saturated rings. The first-order chi connectivity index (χ1) is 16.4. The number of piperidine rings is 1. The van der Waals surface area contributed by atoms with E-state index in [-0.39, 0.29) is 19.5 Å². The molecule has 1 aromatic rings. The lowest BCUT2D eigenvalue weighted by molar-refractivity contribution is 0.0109. The van der Waals surface area contributed by atoms with E-state index in [1.165, 1.54) is 13.5 Å². The molecule has 1 aromatic heterocycles. The van der Waals surface area contributed by atoms with Crippen LogP contribution in [0.1, 0.15) is 72.9 Å². The Morgan fingerprint density at radius 3 is 2.34 bits per heavy atom. The molecule has 35 heavy (non-hydrogen) atoms. The van der Waals surface area contributed by atoms with Crippen molar-refractivity contribution in [3.8, 4) is 0 Å². The Hall–Kier alpha value is -2.04. The molecule has 0 spiro atoms. The van der Waals surface area contributed by atoms with Crippen LogP contribution in [0.5, 0.6) is 0 Å². The zero-order valence-corrected chi connectivity index (χ0v) is 22.8. The monoisotopic (exact) mass is 520 g/mol. The zero-order chi connectivity index (χ0) is 26.7. The molecule has 4 atom stereocenters. The maximum atomic E-state index is 15.0. The van der Waals surface area contributed by atoms with Crippen LogP contribution < -0.4 is 8.61 Å². The van der Waals surface area contributed by atoms with Crippen LogP contribution in [0.2, 0.25) is 0 Å². The molecule has 3 aliphatic rings. The number of ether oxygens (including phenoxy) is 1. The van der Waals surface area contributed by atoms with Crippen molar-refractivity contribution in [2.75, 3.05) is 35.3 Å². The fourth-order valence-electron chi connectivity index (χ4n) is 3.95. The van der Waals surface area contributed by atoms with Gasteiger partial charge in [-0.2, -0.15) is 0 Å². The minimum atomic E-state index is -2.71. The smallest absolute Gasteiger partial charge is 0.410 e. The number of nitrogens with zero attached hydrogens (tertiary/aromatic N) is 4. The van der Waals surface area contributed by atoms with E-state index in [0.717, 1.165) is 0 Å². The molecule has 1 aliphatic carbocycles. The molecule has 3 heterocycles. The van der Waals surface area contributed by atoms with Crippen LogP contribution >= 0.6 is 0 Å². The van der Waals surface area contributed by atoms with E-state index in [0.29, 0.717) is 30.2 Å². The quantitative estimate of drug-likeness (QED) is 0.514. The average Bonchev–Trinajstić information content (AvgIpc) is 3.35. The number of rotatable bonds is 3. The highest BCUT2D eigenvalue weighted by Gasteiger charge is 2.58. The Morgan fingerprint density at radius 2 is 1.83 bits per heavy atom. The molecule has 1 saturated carbocycles. The lowest BCUT2D eigenvalue weighted by Gasteiger charge is -2.35. The Kier molecular flexibility index (Phi) is 9.46. The molecule has 2 aliphatic heterocycles. The van der Waals surface area contributed by atoms with Gasteiger partial charge in [-0.05, 0) is 39.3 Å². The molecule has 0 radical (unpaired) electrons. The number of halogens is 3. The van der Waals surface area contributed by atoms with Gasteiger partial charge in [0, 0.05) is 44.1 Å². The summed E-state index contributed by atoms with van der Waals surface area (Å²) in [6.07, 6.45) is -1.70. The van der Waals surface area contributed by atoms with Crippen LogP contribution in [-0.4, -0.2) is 64.6 Å². The summed E-state index contributed by atoms with van der Waals surface area (Å²) in [6.45, 7) is 13.5. The van der Waals surface area contributed by atoms with E-state index in [9.17, 15) is 22.2 Å². The van der Waals surface area contributed by atoms with Gasteiger partial charge in [-0.1, -0.05) is 27.7 Å². The number of aromatic nitrogens is 1. The number of carbonyl (C=O) groups is 1. The van der Waals surface area contributed by atoms with Crippen LogP contribution in [0.15, 0.2) is 12.1 Å². The third-order valence-corrected chi connectivity index (χ3v) is 7.15. The highest BCUT2D eigenvalue weighted by atomic mass is 32.2. The highest BCUT2D eigenvalue weighted by molar-refractivity contribution is 7.88. The molecule has 0 aromatic carbocycles. The summed E-state index contributed by atoms with van der Waals surface area (Å²) in [6, 6.07) is 3.33. The fraction of sp³-hybridized carbons (Fsp3) is 0.750. The summed E-state index contributed by atoms with van der Waals surface area (Å²) in [4.78, 5) is 18.1. The van der Waals surface area contributed by atoms with Crippen molar-refractivity contribution in [1.29, 1.82) is 0 Å². The summed E-state index contributed by atoms with van der Waals surface area (Å²) in [7, 11) is 1.58. The number of fused-ring (bicyclic) bond motifs is 1. The number of hydrogen-bond donors (Lipinski definition) is 0. The van der Waals surface area contributed by atoms with Crippen LogP contribution in [0, 0.1) is 5.92 Å². The Bertz CT molecular complexity index is 912. The summed E-state index contributed by atoms with van der Waals surface area (Å²) in [5.74, 6) is -3.65. The van der Waals surface area contributed by atoms with Gasteiger partial charge in [-0.25, -0.2) is 27.2 Å². The molecule has 1 saturated heterocycles. The van der Waals surface area contributed by atoms with E-state index >= 15 is 0 Å². The molecule has 200 valence electrons. The second-order valence-corrected chi connectivity index (χ2v) is 10.8. The summed E-state index contributed by atoms with van der Waals surface area (Å²) >= 11 is -1.65. The molecule has 0 N–H and O–H groups in total. The molecule has 1 amide bonds. The van der Waals surface area contributed by atoms with Crippen molar-refractivity contribution in [1.82, 2.24) is 9.88 Å². The zero-order valence-electron chi connectivity index (χ0n) is 22.0. The second kappa shape index (κ2) is 11.3. The lowest BCUT2D eigenvalue weighted by Crippen LogP contribution is -2.46. The minimum Gasteiger partial charge on any atom is -0.444 e. The van der Waals surface area contributed by atoms with E-state index in [4.69, 9.17) is 4.74 Å². The number of amides is 1. The predicted octanol–water partition coefficient (Wildman–Crippen LogP) is 5.69. The lowest BCUT2D eigenvalue weighted by atomic mass is 9.91. The SMILES string of the molecule is CC.CC.CN1c2nc(C3CCN(C(=O)OC(C)(C)C)CC3F)ccc2N(CC2CC2(F)F)S1=O. The number of pyridine rings is 1. The minimum absolute atomic E-state index is 0.0159. The summed E-state index contributed by atoms with van der Waals surface area (Å²) in [5.41, 5.74) is 0.351.